The first kappa shape index (κ1) is 28.3. The van der Waals surface area contributed by atoms with Gasteiger partial charge in [0.2, 0.25) is 0 Å². The van der Waals surface area contributed by atoms with Gasteiger partial charge < -0.3 is 24.2 Å². The van der Waals surface area contributed by atoms with Crippen molar-refractivity contribution in [2.75, 3.05) is 26.9 Å². The Morgan fingerprint density at radius 3 is 2.38 bits per heavy atom. The number of Topliss-reactive ketones (excluding diaryl/α,β-unsaturated/α-hetero) is 1. The van der Waals surface area contributed by atoms with E-state index >= 15 is 0 Å². The molecule has 7 heteroatoms. The van der Waals surface area contributed by atoms with Crippen LogP contribution in [0.5, 0.6) is 11.5 Å². The van der Waals surface area contributed by atoms with Crippen LogP contribution < -0.4 is 9.47 Å². The van der Waals surface area contributed by atoms with Crippen molar-refractivity contribution in [2.24, 2.45) is 0 Å². The predicted molar refractivity (Wildman–Crippen MR) is 144 cm³/mol. The van der Waals surface area contributed by atoms with Crippen molar-refractivity contribution in [2.45, 2.75) is 65.5 Å². The third kappa shape index (κ3) is 6.92. The lowest BCUT2D eigenvalue weighted by molar-refractivity contribution is -0.140. The molecular weight excluding hydrogens is 470 g/mol. The standard InChI is InChI=1S/C30H39NO6/c1-6-7-8-18-36-24-13-10-22(11-14-24)27-26(29(33)30(34)31(27)16-9-17-35-5)28(32)23-12-15-25(21(4)19-23)37-20(2)3/h10-15,19-20,27,32H,6-9,16-18H2,1-5H3. The van der Waals surface area contributed by atoms with Crippen LogP contribution in [0.1, 0.15) is 69.2 Å². The summed E-state index contributed by atoms with van der Waals surface area (Å²) in [5.41, 5.74) is 2.10. The highest BCUT2D eigenvalue weighted by molar-refractivity contribution is 6.46. The zero-order valence-corrected chi connectivity index (χ0v) is 22.6. The van der Waals surface area contributed by atoms with E-state index in [1.165, 1.54) is 4.90 Å². The number of hydrogen-bond donors (Lipinski definition) is 1. The van der Waals surface area contributed by atoms with Gasteiger partial charge in [0, 0.05) is 25.8 Å². The van der Waals surface area contributed by atoms with Gasteiger partial charge in [-0.15, -0.1) is 0 Å². The van der Waals surface area contributed by atoms with E-state index in [2.05, 4.69) is 6.92 Å². The second kappa shape index (κ2) is 13.3. The van der Waals surface area contributed by atoms with Crippen LogP contribution >= 0.6 is 0 Å². The van der Waals surface area contributed by atoms with Crippen molar-refractivity contribution >= 4 is 17.4 Å². The Balaban J connectivity index is 1.99. The highest BCUT2D eigenvalue weighted by atomic mass is 16.5. The van der Waals surface area contributed by atoms with Crippen molar-refractivity contribution in [1.82, 2.24) is 4.90 Å². The summed E-state index contributed by atoms with van der Waals surface area (Å²) in [5.74, 6) is -0.0825. The maximum Gasteiger partial charge on any atom is 0.295 e. The van der Waals surface area contributed by atoms with Gasteiger partial charge in [-0.2, -0.15) is 0 Å². The number of aryl methyl sites for hydroxylation is 1. The van der Waals surface area contributed by atoms with E-state index in [0.29, 0.717) is 37.5 Å². The third-order valence-electron chi connectivity index (χ3n) is 6.31. The molecule has 0 saturated carbocycles. The number of rotatable bonds is 13. The fourth-order valence-electron chi connectivity index (χ4n) is 4.46. The normalized spacial score (nSPS) is 17.0. The first-order valence-electron chi connectivity index (χ1n) is 13.1. The Labute approximate surface area is 220 Å². The number of aliphatic hydroxyl groups excluding tert-OH is 1. The van der Waals surface area contributed by atoms with Crippen LogP contribution in [-0.2, 0) is 14.3 Å². The quantitative estimate of drug-likeness (QED) is 0.159. The molecule has 1 atom stereocenters. The zero-order valence-electron chi connectivity index (χ0n) is 22.6. The first-order valence-corrected chi connectivity index (χ1v) is 13.1. The van der Waals surface area contributed by atoms with Crippen LogP contribution in [0.15, 0.2) is 48.0 Å². The van der Waals surface area contributed by atoms with Crippen LogP contribution in [0.2, 0.25) is 0 Å². The van der Waals surface area contributed by atoms with Crippen molar-refractivity contribution in [3.63, 3.8) is 0 Å². The number of likely N-dealkylation sites (tertiary alicyclic amines) is 1. The molecule has 0 radical (unpaired) electrons. The average Bonchev–Trinajstić information content (AvgIpc) is 3.13. The van der Waals surface area contributed by atoms with E-state index in [1.54, 1.807) is 25.3 Å². The fourth-order valence-corrected chi connectivity index (χ4v) is 4.46. The predicted octanol–water partition coefficient (Wildman–Crippen LogP) is 5.81. The topological polar surface area (TPSA) is 85.3 Å². The van der Waals surface area contributed by atoms with Gasteiger partial charge in [0.25, 0.3) is 11.7 Å². The minimum Gasteiger partial charge on any atom is -0.507 e. The smallest absolute Gasteiger partial charge is 0.295 e. The lowest BCUT2D eigenvalue weighted by Crippen LogP contribution is -2.31. The first-order chi connectivity index (χ1) is 17.8. The summed E-state index contributed by atoms with van der Waals surface area (Å²) in [6.07, 6.45) is 3.79. The number of aliphatic hydroxyl groups is 1. The van der Waals surface area contributed by atoms with Crippen LogP contribution in [0, 0.1) is 6.92 Å². The molecule has 1 amide bonds. The van der Waals surface area contributed by atoms with Gasteiger partial charge in [0.05, 0.1) is 24.3 Å². The molecule has 1 fully saturated rings. The molecule has 7 nitrogen and oxygen atoms in total. The number of benzene rings is 2. The Morgan fingerprint density at radius 2 is 1.76 bits per heavy atom. The van der Waals surface area contributed by atoms with Crippen LogP contribution in [0.4, 0.5) is 0 Å². The Hall–Kier alpha value is -3.32. The van der Waals surface area contributed by atoms with Gasteiger partial charge in [-0.05, 0) is 75.1 Å². The average molecular weight is 510 g/mol. The number of methoxy groups -OCH3 is 1. The van der Waals surface area contributed by atoms with Gasteiger partial charge in [-0.3, -0.25) is 9.59 Å². The van der Waals surface area contributed by atoms with E-state index in [9.17, 15) is 14.7 Å². The maximum absolute atomic E-state index is 13.2. The van der Waals surface area contributed by atoms with Crippen molar-refractivity contribution in [1.29, 1.82) is 0 Å². The van der Waals surface area contributed by atoms with Gasteiger partial charge in [-0.1, -0.05) is 31.9 Å². The van der Waals surface area contributed by atoms with Crippen LogP contribution in [0.3, 0.4) is 0 Å². The maximum atomic E-state index is 13.2. The summed E-state index contributed by atoms with van der Waals surface area (Å²) in [5, 5.41) is 11.3. The summed E-state index contributed by atoms with van der Waals surface area (Å²) in [7, 11) is 1.60. The molecular formula is C30H39NO6. The number of carbonyl (C=O) groups is 2. The molecule has 2 aromatic rings. The number of carbonyl (C=O) groups excluding carboxylic acids is 2. The molecule has 0 aliphatic carbocycles. The summed E-state index contributed by atoms with van der Waals surface area (Å²) in [6, 6.07) is 12.0. The number of hydrogen-bond acceptors (Lipinski definition) is 6. The molecule has 3 rings (SSSR count). The fraction of sp³-hybridized carbons (Fsp3) is 0.467. The molecule has 0 aromatic heterocycles. The molecule has 200 valence electrons. The monoisotopic (exact) mass is 509 g/mol. The number of unbranched alkanes of at least 4 members (excludes halogenated alkanes) is 2. The molecule has 0 bridgehead atoms. The second-order valence-electron chi connectivity index (χ2n) is 9.61. The summed E-state index contributed by atoms with van der Waals surface area (Å²) < 4.78 is 16.8. The zero-order chi connectivity index (χ0) is 26.9. The number of ketones is 1. The van der Waals surface area contributed by atoms with Gasteiger partial charge >= 0.3 is 0 Å². The molecule has 1 aliphatic rings. The van der Waals surface area contributed by atoms with E-state index in [0.717, 1.165) is 36.1 Å². The van der Waals surface area contributed by atoms with Gasteiger partial charge in [-0.25, -0.2) is 0 Å². The van der Waals surface area contributed by atoms with E-state index in [1.807, 2.05) is 45.0 Å². The number of nitrogens with zero attached hydrogens (tertiary/aromatic N) is 1. The second-order valence-corrected chi connectivity index (χ2v) is 9.61. The Morgan fingerprint density at radius 1 is 1.03 bits per heavy atom. The molecule has 1 aliphatic heterocycles. The minimum atomic E-state index is -0.710. The third-order valence-corrected chi connectivity index (χ3v) is 6.31. The van der Waals surface area contributed by atoms with Gasteiger partial charge in [0.15, 0.2) is 0 Å². The molecule has 2 aromatic carbocycles. The molecule has 1 N–H and O–H groups in total. The highest BCUT2D eigenvalue weighted by Crippen LogP contribution is 2.40. The van der Waals surface area contributed by atoms with Crippen molar-refractivity contribution in [3.05, 3.63) is 64.7 Å². The highest BCUT2D eigenvalue weighted by Gasteiger charge is 2.45. The number of amides is 1. The number of ether oxygens (including phenoxy) is 3. The van der Waals surface area contributed by atoms with E-state index in [-0.39, 0.29) is 17.4 Å². The van der Waals surface area contributed by atoms with Crippen LogP contribution in [0.25, 0.3) is 5.76 Å². The summed E-state index contributed by atoms with van der Waals surface area (Å²) >= 11 is 0. The molecule has 1 unspecified atom stereocenters. The SMILES string of the molecule is CCCCCOc1ccc(C2C(=C(O)c3ccc(OC(C)C)c(C)c3)C(=O)C(=O)N2CCCOC)cc1. The van der Waals surface area contributed by atoms with Crippen molar-refractivity contribution in [3.8, 4) is 11.5 Å². The lowest BCUT2D eigenvalue weighted by atomic mass is 9.94. The lowest BCUT2D eigenvalue weighted by Gasteiger charge is -2.25. The molecule has 1 saturated heterocycles. The Bertz CT molecular complexity index is 1110. The Kier molecular flexibility index (Phi) is 10.1. The molecule has 37 heavy (non-hydrogen) atoms. The van der Waals surface area contributed by atoms with Gasteiger partial charge in [0.1, 0.15) is 17.3 Å². The minimum absolute atomic E-state index is 0.00849. The largest absolute Gasteiger partial charge is 0.507 e. The van der Waals surface area contributed by atoms with Crippen LogP contribution in [-0.4, -0.2) is 54.7 Å². The van der Waals surface area contributed by atoms with E-state index < -0.39 is 17.7 Å². The molecule has 0 spiro atoms. The summed E-state index contributed by atoms with van der Waals surface area (Å²) in [6.45, 7) is 9.34. The van der Waals surface area contributed by atoms with E-state index in [4.69, 9.17) is 14.2 Å². The summed E-state index contributed by atoms with van der Waals surface area (Å²) in [4.78, 5) is 27.8. The molecule has 1 heterocycles. The van der Waals surface area contributed by atoms with Crippen molar-refractivity contribution < 1.29 is 28.9 Å².